The average Bonchev–Trinajstić information content (AvgIpc) is 3.67. The summed E-state index contributed by atoms with van der Waals surface area (Å²) in [6.07, 6.45) is 4.77. The van der Waals surface area contributed by atoms with Crippen LogP contribution in [0.2, 0.25) is 0 Å². The first-order valence-corrected chi connectivity index (χ1v) is 17.5. The van der Waals surface area contributed by atoms with Crippen LogP contribution in [0.15, 0.2) is 86.0 Å². The quantitative estimate of drug-likeness (QED) is 0.328. The first-order valence-electron chi connectivity index (χ1n) is 16.6. The number of aliphatic hydroxyl groups excluding tert-OH is 1. The Bertz CT molecular complexity index is 1470. The summed E-state index contributed by atoms with van der Waals surface area (Å²) in [5.41, 5.74) is 1.50. The molecule has 47 heavy (non-hydrogen) atoms. The first-order chi connectivity index (χ1) is 22.8. The fraction of sp³-hybridized carbons (Fsp3) is 0.486. The van der Waals surface area contributed by atoms with E-state index in [2.05, 4.69) is 25.0 Å². The lowest BCUT2D eigenvalue weighted by Crippen LogP contribution is -2.56. The van der Waals surface area contributed by atoms with E-state index in [1.165, 1.54) is 0 Å². The summed E-state index contributed by atoms with van der Waals surface area (Å²) < 4.78 is 4.17. The van der Waals surface area contributed by atoms with Crippen LogP contribution in [-0.4, -0.2) is 112 Å². The van der Waals surface area contributed by atoms with Crippen LogP contribution in [0, 0.1) is 11.8 Å². The van der Waals surface area contributed by atoms with Gasteiger partial charge in [-0.05, 0) is 37.5 Å². The summed E-state index contributed by atoms with van der Waals surface area (Å²) in [5, 5.41) is 10.9. The van der Waals surface area contributed by atoms with Gasteiger partial charge in [-0.15, -0.1) is 24.9 Å². The lowest BCUT2D eigenvalue weighted by atomic mass is 9.66. The van der Waals surface area contributed by atoms with Crippen LogP contribution in [0.5, 0.6) is 0 Å². The smallest absolute Gasteiger partial charge is 0.247 e. The summed E-state index contributed by atoms with van der Waals surface area (Å²) in [5.74, 6) is -1.88. The van der Waals surface area contributed by atoms with Gasteiger partial charge in [0.1, 0.15) is 6.04 Å². The van der Waals surface area contributed by atoms with Gasteiger partial charge in [-0.2, -0.15) is 0 Å². The molecule has 4 heterocycles. The Morgan fingerprint density at radius 3 is 2.32 bits per heavy atom. The second-order valence-electron chi connectivity index (χ2n) is 13.2. The number of nitrogens with zero attached hydrogens (tertiary/aromatic N) is 4. The fourth-order valence-electron chi connectivity index (χ4n) is 8.32. The van der Waals surface area contributed by atoms with Crippen molar-refractivity contribution in [3.8, 4) is 0 Å². The number of anilines is 1. The van der Waals surface area contributed by atoms with Crippen LogP contribution in [0.4, 0.5) is 5.69 Å². The molecule has 1 spiro atoms. The number of para-hydroxylation sites is 1. The Balaban J connectivity index is 1.42. The molecule has 4 aliphatic heterocycles. The highest BCUT2D eigenvalue weighted by Crippen LogP contribution is 2.72. The highest BCUT2D eigenvalue weighted by Gasteiger charge is 2.78. The van der Waals surface area contributed by atoms with E-state index in [-0.39, 0.29) is 24.3 Å². The van der Waals surface area contributed by atoms with E-state index < -0.39 is 33.4 Å². The highest BCUT2D eigenvalue weighted by atomic mass is 32.2. The normalized spacial score (nSPS) is 28.9. The molecule has 2 aromatic carbocycles. The number of amides is 3. The summed E-state index contributed by atoms with van der Waals surface area (Å²) >= 11 is 1.65. The van der Waals surface area contributed by atoms with E-state index in [1.54, 1.807) is 33.7 Å². The van der Waals surface area contributed by atoms with Gasteiger partial charge >= 0.3 is 0 Å². The van der Waals surface area contributed by atoms with E-state index in [0.29, 0.717) is 52.2 Å². The van der Waals surface area contributed by atoms with Gasteiger partial charge < -0.3 is 24.5 Å². The largest absolute Gasteiger partial charge is 0.394 e. The minimum Gasteiger partial charge on any atom is -0.394 e. The summed E-state index contributed by atoms with van der Waals surface area (Å²) in [6.45, 7) is 14.3. The Kier molecular flexibility index (Phi) is 9.94. The maximum Gasteiger partial charge on any atom is 0.247 e. The van der Waals surface area contributed by atoms with E-state index in [1.807, 2.05) is 65.6 Å². The molecule has 9 nitrogen and oxygen atoms in total. The van der Waals surface area contributed by atoms with Crippen molar-refractivity contribution in [3.63, 3.8) is 0 Å². The third-order valence-corrected chi connectivity index (χ3v) is 12.5. The monoisotopic (exact) mass is 658 g/mol. The van der Waals surface area contributed by atoms with E-state index in [0.717, 1.165) is 24.3 Å². The van der Waals surface area contributed by atoms with Crippen molar-refractivity contribution in [2.75, 3.05) is 64.0 Å². The SMILES string of the molecule is C=CCN(CCN1CCOCC1)C(=O)C1N([C@H](CO)c2ccccc2)C(=O)[C@@H]2[C@H](C(=O)N(CC=C)c3ccccc3)[C@]3(C)CCC12S3. The van der Waals surface area contributed by atoms with Crippen LogP contribution in [-0.2, 0) is 19.1 Å². The molecule has 4 fully saturated rings. The van der Waals surface area contributed by atoms with Crippen molar-refractivity contribution in [3.05, 3.63) is 91.5 Å². The molecular formula is C37H46N4O5S. The number of hydrogen-bond donors (Lipinski definition) is 1. The number of rotatable bonds is 13. The third-order valence-electron chi connectivity index (χ3n) is 10.5. The second-order valence-corrected chi connectivity index (χ2v) is 15.1. The minimum absolute atomic E-state index is 0.130. The van der Waals surface area contributed by atoms with Crippen LogP contribution < -0.4 is 4.90 Å². The third kappa shape index (κ3) is 5.94. The Labute approximate surface area is 282 Å². The van der Waals surface area contributed by atoms with E-state index in [4.69, 9.17) is 4.74 Å². The van der Waals surface area contributed by atoms with Crippen molar-refractivity contribution in [2.24, 2.45) is 11.8 Å². The van der Waals surface area contributed by atoms with Gasteiger partial charge in [-0.25, -0.2) is 0 Å². The molecule has 2 bridgehead atoms. The molecule has 0 aromatic heterocycles. The molecule has 0 radical (unpaired) electrons. The molecule has 4 aliphatic rings. The fourth-order valence-corrected chi connectivity index (χ4v) is 10.6. The molecule has 2 unspecified atom stereocenters. The standard InChI is InChI=1S/C37H46N4O5S/c1-4-18-39(21-20-38-22-24-46-25-23-38)35(45)32-37-17-16-36(3,47-37)30(33(43)40(19-5-2)28-14-10-7-11-15-28)31(37)34(44)41(32)29(26-42)27-12-8-6-9-13-27/h4-15,29-32,42H,1-2,16-26H2,3H3/t29-,30-,31+,32?,36+,37?/m1/s1. The number of aliphatic hydroxyl groups is 1. The zero-order valence-corrected chi connectivity index (χ0v) is 28.0. The molecule has 4 saturated heterocycles. The lowest BCUT2D eigenvalue weighted by Gasteiger charge is -2.40. The van der Waals surface area contributed by atoms with Crippen molar-refractivity contribution in [2.45, 2.75) is 41.3 Å². The number of thioether (sulfide) groups is 1. The molecule has 0 aliphatic carbocycles. The van der Waals surface area contributed by atoms with Gasteiger partial charge in [0.05, 0.1) is 42.4 Å². The van der Waals surface area contributed by atoms with Gasteiger partial charge in [-0.3, -0.25) is 19.3 Å². The maximum absolute atomic E-state index is 15.0. The number of hydrogen-bond acceptors (Lipinski definition) is 7. The minimum atomic E-state index is -0.851. The number of benzene rings is 2. The predicted octanol–water partition coefficient (Wildman–Crippen LogP) is 3.77. The van der Waals surface area contributed by atoms with Gasteiger partial charge in [0, 0.05) is 49.7 Å². The topological polar surface area (TPSA) is 93.6 Å². The molecular weight excluding hydrogens is 612 g/mol. The summed E-state index contributed by atoms with van der Waals surface area (Å²) in [4.78, 5) is 52.2. The second kappa shape index (κ2) is 14.0. The molecule has 6 atom stereocenters. The van der Waals surface area contributed by atoms with Crippen LogP contribution in [0.1, 0.15) is 31.4 Å². The number of likely N-dealkylation sites (tertiary alicyclic amines) is 1. The molecule has 6 rings (SSSR count). The Morgan fingerprint density at radius 2 is 1.68 bits per heavy atom. The number of ether oxygens (including phenoxy) is 1. The lowest BCUT2D eigenvalue weighted by molar-refractivity contribution is -0.146. The van der Waals surface area contributed by atoms with Crippen molar-refractivity contribution in [1.82, 2.24) is 14.7 Å². The number of morpholine rings is 1. The average molecular weight is 659 g/mol. The van der Waals surface area contributed by atoms with Gasteiger partial charge in [0.25, 0.3) is 0 Å². The number of carbonyl (C=O) groups excluding carboxylic acids is 3. The van der Waals surface area contributed by atoms with E-state index in [9.17, 15) is 9.90 Å². The molecule has 3 amide bonds. The zero-order valence-electron chi connectivity index (χ0n) is 27.2. The number of fused-ring (bicyclic) bond motifs is 1. The molecule has 0 saturated carbocycles. The molecule has 10 heteroatoms. The number of carbonyl (C=O) groups is 3. The Hall–Kier alpha value is -3.44. The summed E-state index contributed by atoms with van der Waals surface area (Å²) in [7, 11) is 0. The predicted molar refractivity (Wildman–Crippen MR) is 185 cm³/mol. The summed E-state index contributed by atoms with van der Waals surface area (Å²) in [6, 6.07) is 17.3. The molecule has 1 N–H and O–H groups in total. The highest BCUT2D eigenvalue weighted by molar-refractivity contribution is 8.02. The van der Waals surface area contributed by atoms with Crippen molar-refractivity contribution < 1.29 is 24.2 Å². The molecule has 2 aromatic rings. The van der Waals surface area contributed by atoms with Crippen LogP contribution in [0.25, 0.3) is 0 Å². The molecule has 250 valence electrons. The van der Waals surface area contributed by atoms with Crippen LogP contribution >= 0.6 is 11.8 Å². The van der Waals surface area contributed by atoms with Crippen molar-refractivity contribution in [1.29, 1.82) is 0 Å². The van der Waals surface area contributed by atoms with E-state index >= 15 is 9.59 Å². The van der Waals surface area contributed by atoms with Gasteiger partial charge in [-0.1, -0.05) is 60.7 Å². The van der Waals surface area contributed by atoms with Crippen molar-refractivity contribution >= 4 is 35.2 Å². The van der Waals surface area contributed by atoms with Gasteiger partial charge in [0.15, 0.2) is 0 Å². The Morgan fingerprint density at radius 1 is 1.02 bits per heavy atom. The first kappa shape index (κ1) is 33.5. The zero-order chi connectivity index (χ0) is 33.2. The van der Waals surface area contributed by atoms with Crippen LogP contribution in [0.3, 0.4) is 0 Å². The van der Waals surface area contributed by atoms with Gasteiger partial charge in [0.2, 0.25) is 17.7 Å². The maximum atomic E-state index is 15.0.